The molecular formula is C13H14N6O2. The van der Waals surface area contributed by atoms with E-state index in [0.717, 1.165) is 16.7 Å². The predicted octanol–water partition coefficient (Wildman–Crippen LogP) is 0.932. The van der Waals surface area contributed by atoms with Gasteiger partial charge < -0.3 is 9.42 Å². The highest BCUT2D eigenvalue weighted by Gasteiger charge is 2.16. The molecule has 3 aromatic heterocycles. The van der Waals surface area contributed by atoms with E-state index in [-0.39, 0.29) is 12.5 Å². The molecule has 1 amide bonds. The van der Waals surface area contributed by atoms with Crippen LogP contribution in [0.5, 0.6) is 0 Å². The Morgan fingerprint density at radius 1 is 1.43 bits per heavy atom. The van der Waals surface area contributed by atoms with Crippen LogP contribution in [0.2, 0.25) is 0 Å². The molecule has 0 radical (unpaired) electrons. The molecule has 0 saturated heterocycles. The lowest BCUT2D eigenvalue weighted by Crippen LogP contribution is -2.26. The molecule has 3 heterocycles. The van der Waals surface area contributed by atoms with Gasteiger partial charge in [0.1, 0.15) is 0 Å². The van der Waals surface area contributed by atoms with Gasteiger partial charge in [0, 0.05) is 25.7 Å². The lowest BCUT2D eigenvalue weighted by Gasteiger charge is -2.14. The number of fused-ring (bicyclic) bond motifs is 1. The van der Waals surface area contributed by atoms with Gasteiger partial charge in [0.2, 0.25) is 6.39 Å². The fourth-order valence-corrected chi connectivity index (χ4v) is 2.19. The third-order valence-electron chi connectivity index (χ3n) is 3.24. The van der Waals surface area contributed by atoms with Gasteiger partial charge in [-0.25, -0.2) is 4.98 Å². The van der Waals surface area contributed by atoms with Crippen molar-refractivity contribution in [3.8, 4) is 0 Å². The standard InChI is InChI=1S/C13H14N6O2/c1-8-10-4-9(5-14-12(10)19(3)16-8)13(20)18(2)6-11-15-7-21-17-11/h4-5,7H,6H2,1-3H3. The SMILES string of the molecule is Cc1nn(C)c2ncc(C(=O)N(C)Cc3ncon3)cc12. The Hall–Kier alpha value is -2.77. The Morgan fingerprint density at radius 2 is 2.24 bits per heavy atom. The smallest absolute Gasteiger partial charge is 0.255 e. The van der Waals surface area contributed by atoms with Gasteiger partial charge in [-0.2, -0.15) is 10.1 Å². The van der Waals surface area contributed by atoms with Crippen LogP contribution in [0.1, 0.15) is 21.9 Å². The number of amides is 1. The van der Waals surface area contributed by atoms with Crippen LogP contribution >= 0.6 is 0 Å². The van der Waals surface area contributed by atoms with Gasteiger partial charge in [0.05, 0.1) is 17.8 Å². The van der Waals surface area contributed by atoms with Gasteiger partial charge in [0.15, 0.2) is 11.5 Å². The molecule has 0 bridgehead atoms. The molecule has 108 valence electrons. The minimum atomic E-state index is -0.155. The number of hydrogen-bond donors (Lipinski definition) is 0. The Kier molecular flexibility index (Phi) is 3.13. The largest absolute Gasteiger partial charge is 0.343 e. The first-order chi connectivity index (χ1) is 10.1. The maximum absolute atomic E-state index is 12.4. The fraction of sp³-hybridized carbons (Fsp3) is 0.308. The Morgan fingerprint density at radius 3 is 2.95 bits per heavy atom. The summed E-state index contributed by atoms with van der Waals surface area (Å²) >= 11 is 0. The van der Waals surface area contributed by atoms with Gasteiger partial charge >= 0.3 is 0 Å². The summed E-state index contributed by atoms with van der Waals surface area (Å²) in [6, 6.07) is 1.81. The lowest BCUT2D eigenvalue weighted by molar-refractivity contribution is 0.0780. The molecular weight excluding hydrogens is 272 g/mol. The Balaban J connectivity index is 1.89. The molecule has 0 aromatic carbocycles. The summed E-state index contributed by atoms with van der Waals surface area (Å²) in [5.41, 5.74) is 2.10. The molecule has 0 atom stereocenters. The van der Waals surface area contributed by atoms with E-state index < -0.39 is 0 Å². The quantitative estimate of drug-likeness (QED) is 0.711. The normalized spacial score (nSPS) is 11.0. The van der Waals surface area contributed by atoms with Gasteiger partial charge in [-0.15, -0.1) is 0 Å². The van der Waals surface area contributed by atoms with Crippen LogP contribution in [0.3, 0.4) is 0 Å². The summed E-state index contributed by atoms with van der Waals surface area (Å²) in [7, 11) is 3.51. The fourth-order valence-electron chi connectivity index (χ4n) is 2.19. The average Bonchev–Trinajstić information content (AvgIpc) is 3.07. The first-order valence-electron chi connectivity index (χ1n) is 6.36. The van der Waals surface area contributed by atoms with Crippen LogP contribution in [0.15, 0.2) is 23.2 Å². The molecule has 0 aliphatic rings. The molecule has 3 aromatic rings. The van der Waals surface area contributed by atoms with E-state index >= 15 is 0 Å². The minimum absolute atomic E-state index is 0.155. The van der Waals surface area contributed by atoms with Crippen LogP contribution in [-0.2, 0) is 13.6 Å². The maximum atomic E-state index is 12.4. The van der Waals surface area contributed by atoms with E-state index in [1.807, 2.05) is 14.0 Å². The first-order valence-corrected chi connectivity index (χ1v) is 6.36. The van der Waals surface area contributed by atoms with Gasteiger partial charge in [-0.05, 0) is 13.0 Å². The van der Waals surface area contributed by atoms with Crippen molar-refractivity contribution in [1.29, 1.82) is 0 Å². The third-order valence-corrected chi connectivity index (χ3v) is 3.24. The first kappa shape index (κ1) is 13.2. The number of nitrogens with zero attached hydrogens (tertiary/aromatic N) is 6. The summed E-state index contributed by atoms with van der Waals surface area (Å²) < 4.78 is 6.35. The van der Waals surface area contributed by atoms with Crippen LogP contribution in [0.25, 0.3) is 11.0 Å². The highest BCUT2D eigenvalue weighted by atomic mass is 16.5. The molecule has 3 rings (SSSR count). The van der Waals surface area contributed by atoms with Crippen LogP contribution < -0.4 is 0 Å². The molecule has 0 N–H and O–H groups in total. The van der Waals surface area contributed by atoms with E-state index in [1.165, 1.54) is 11.3 Å². The van der Waals surface area contributed by atoms with Crippen molar-refractivity contribution < 1.29 is 9.32 Å². The summed E-state index contributed by atoms with van der Waals surface area (Å²) in [6.07, 6.45) is 2.79. The summed E-state index contributed by atoms with van der Waals surface area (Å²) in [5.74, 6) is 0.301. The number of carbonyl (C=O) groups is 1. The predicted molar refractivity (Wildman–Crippen MR) is 73.3 cm³/mol. The molecule has 0 aliphatic carbocycles. The minimum Gasteiger partial charge on any atom is -0.343 e. The van der Waals surface area contributed by atoms with Crippen molar-refractivity contribution in [2.24, 2.45) is 7.05 Å². The summed E-state index contributed by atoms with van der Waals surface area (Å²) in [4.78, 5) is 22.1. The van der Waals surface area contributed by atoms with E-state index in [9.17, 15) is 4.79 Å². The number of rotatable bonds is 3. The maximum Gasteiger partial charge on any atom is 0.255 e. The summed E-state index contributed by atoms with van der Waals surface area (Å²) in [5, 5.41) is 8.86. The second kappa shape index (κ2) is 4.97. The average molecular weight is 286 g/mol. The molecule has 0 aliphatic heterocycles. The lowest BCUT2D eigenvalue weighted by atomic mass is 10.2. The van der Waals surface area contributed by atoms with Crippen molar-refractivity contribution in [1.82, 2.24) is 29.8 Å². The zero-order valence-corrected chi connectivity index (χ0v) is 11.9. The second-order valence-electron chi connectivity index (χ2n) is 4.81. The Bertz CT molecular complexity index is 792. The van der Waals surface area contributed by atoms with E-state index in [4.69, 9.17) is 0 Å². The number of hydrogen-bond acceptors (Lipinski definition) is 6. The zero-order valence-electron chi connectivity index (χ0n) is 11.9. The van der Waals surface area contributed by atoms with Crippen molar-refractivity contribution in [3.63, 3.8) is 0 Å². The zero-order chi connectivity index (χ0) is 15.0. The highest BCUT2D eigenvalue weighted by molar-refractivity contribution is 5.97. The highest BCUT2D eigenvalue weighted by Crippen LogP contribution is 2.17. The third kappa shape index (κ3) is 2.35. The van der Waals surface area contributed by atoms with E-state index in [2.05, 4.69) is 24.7 Å². The van der Waals surface area contributed by atoms with Crippen LogP contribution in [0, 0.1) is 6.92 Å². The van der Waals surface area contributed by atoms with Crippen molar-refractivity contribution >= 4 is 16.9 Å². The number of carbonyl (C=O) groups excluding carboxylic acids is 1. The molecule has 8 nitrogen and oxygen atoms in total. The van der Waals surface area contributed by atoms with Crippen molar-refractivity contribution in [3.05, 3.63) is 35.7 Å². The van der Waals surface area contributed by atoms with E-state index in [0.29, 0.717) is 11.4 Å². The monoisotopic (exact) mass is 286 g/mol. The van der Waals surface area contributed by atoms with Crippen molar-refractivity contribution in [2.45, 2.75) is 13.5 Å². The van der Waals surface area contributed by atoms with Crippen LogP contribution in [-0.4, -0.2) is 42.8 Å². The number of aryl methyl sites for hydroxylation is 2. The van der Waals surface area contributed by atoms with E-state index in [1.54, 1.807) is 24.0 Å². The molecule has 0 unspecified atom stereocenters. The van der Waals surface area contributed by atoms with Crippen LogP contribution in [0.4, 0.5) is 0 Å². The molecule has 0 saturated carbocycles. The van der Waals surface area contributed by atoms with Crippen molar-refractivity contribution in [2.75, 3.05) is 7.05 Å². The number of aromatic nitrogens is 5. The molecule has 0 spiro atoms. The molecule has 8 heteroatoms. The molecule has 21 heavy (non-hydrogen) atoms. The molecule has 0 fully saturated rings. The Labute approximate surface area is 120 Å². The van der Waals surface area contributed by atoms with Gasteiger partial charge in [0.25, 0.3) is 5.91 Å². The van der Waals surface area contributed by atoms with Gasteiger partial charge in [-0.1, -0.05) is 5.16 Å². The van der Waals surface area contributed by atoms with Gasteiger partial charge in [-0.3, -0.25) is 9.48 Å². The second-order valence-corrected chi connectivity index (χ2v) is 4.81. The summed E-state index contributed by atoms with van der Waals surface area (Å²) in [6.45, 7) is 2.17. The topological polar surface area (TPSA) is 89.9 Å². The number of pyridine rings is 1.